The maximum Gasteiger partial charge on any atom is 0.316 e. The highest BCUT2D eigenvalue weighted by molar-refractivity contribution is 8.09. The Hall–Kier alpha value is -3.04. The van der Waals surface area contributed by atoms with Gasteiger partial charge in [0.05, 0.1) is 25.9 Å². The fourth-order valence-electron chi connectivity index (χ4n) is 5.08. The Bertz CT molecular complexity index is 1850. The Morgan fingerprint density at radius 3 is 2.45 bits per heavy atom. The molecule has 0 saturated carbocycles. The van der Waals surface area contributed by atoms with Crippen LogP contribution >= 0.6 is 14.7 Å². The van der Waals surface area contributed by atoms with Gasteiger partial charge in [-0.05, 0) is 11.8 Å². The average Bonchev–Trinajstić information content (AvgIpc) is 3.72. The van der Waals surface area contributed by atoms with Gasteiger partial charge in [-0.15, -0.1) is 0 Å². The van der Waals surface area contributed by atoms with E-state index in [4.69, 9.17) is 42.2 Å². The number of alkyl halides is 2. The molecule has 6 heterocycles. The third kappa shape index (κ3) is 5.40. The van der Waals surface area contributed by atoms with Gasteiger partial charge in [-0.25, -0.2) is 28.7 Å². The average molecular weight is 680 g/mol. The number of nitrogens with one attached hydrogen (secondary N) is 1. The molecule has 19 nitrogen and oxygen atoms in total. The number of fused-ring (bicyclic) bond motifs is 2. The van der Waals surface area contributed by atoms with Crippen LogP contribution in [-0.4, -0.2) is 103 Å². The second-order valence-corrected chi connectivity index (χ2v) is 14.2. The lowest BCUT2D eigenvalue weighted by atomic mass is 10.1. The SMILES string of the molecule is Nc1nc2c(ncn2[C@@H]2O[C@H](CO[PH](=O)O)[C@@H](F)[C@H]2P(O)(=S)OC[C@H]2O[C@@H](n3cnc4c(N)ncnc43)[C@@H](F)[C@@H]2O)c(=O)[nH]1. The molecule has 0 amide bonds. The van der Waals surface area contributed by atoms with Crippen LogP contribution in [0.25, 0.3) is 22.3 Å². The number of aromatic amines is 1. The Balaban J connectivity index is 1.26. The second-order valence-electron chi connectivity index (χ2n) is 9.80. The van der Waals surface area contributed by atoms with Crippen molar-refractivity contribution in [3.8, 4) is 0 Å². The van der Waals surface area contributed by atoms with Crippen LogP contribution in [0.3, 0.4) is 0 Å². The van der Waals surface area contributed by atoms with Crippen molar-refractivity contribution >= 4 is 60.6 Å². The highest BCUT2D eigenvalue weighted by Crippen LogP contribution is 2.59. The van der Waals surface area contributed by atoms with E-state index in [1.807, 2.05) is 0 Å². The lowest BCUT2D eigenvalue weighted by molar-refractivity contribution is -0.0423. The Labute approximate surface area is 249 Å². The summed E-state index contributed by atoms with van der Waals surface area (Å²) in [4.78, 5) is 54.9. The lowest BCUT2D eigenvalue weighted by Crippen LogP contribution is -2.34. The molecule has 2 aliphatic rings. The van der Waals surface area contributed by atoms with Crippen molar-refractivity contribution < 1.29 is 46.8 Å². The van der Waals surface area contributed by atoms with Crippen LogP contribution in [-0.2, 0) is 34.9 Å². The lowest BCUT2D eigenvalue weighted by Gasteiger charge is -2.29. The minimum absolute atomic E-state index is 0.0426. The summed E-state index contributed by atoms with van der Waals surface area (Å²) in [6.45, 7) is -5.72. The van der Waals surface area contributed by atoms with Gasteiger partial charge in [-0.3, -0.25) is 23.5 Å². The molecule has 4 aromatic heterocycles. The number of H-pyrrole nitrogens is 1. The zero-order valence-electron chi connectivity index (χ0n) is 22.0. The third-order valence-electron chi connectivity index (χ3n) is 7.14. The molecule has 24 heteroatoms. The molecule has 2 fully saturated rings. The number of halogens is 2. The summed E-state index contributed by atoms with van der Waals surface area (Å²) in [6.07, 6.45) is -8.38. The molecular formula is C20H24F2N10O9P2S. The van der Waals surface area contributed by atoms with Gasteiger partial charge in [0.1, 0.15) is 42.0 Å². The molecule has 0 bridgehead atoms. The largest absolute Gasteiger partial charge is 0.387 e. The summed E-state index contributed by atoms with van der Waals surface area (Å²) in [6, 6.07) is 0. The molecular weight excluding hydrogens is 656 g/mol. The molecule has 0 spiro atoms. The minimum Gasteiger partial charge on any atom is -0.387 e. The van der Waals surface area contributed by atoms with Gasteiger partial charge in [-0.1, -0.05) is 0 Å². The Kier molecular flexibility index (Phi) is 8.24. The van der Waals surface area contributed by atoms with Gasteiger partial charge in [0.2, 0.25) is 5.95 Å². The minimum atomic E-state index is -4.32. The molecule has 4 aromatic rings. The first-order valence-corrected chi connectivity index (χ1v) is 16.6. The number of nitrogens with zero attached hydrogens (tertiary/aromatic N) is 7. The fraction of sp³-hybridized carbons (Fsp3) is 0.500. The standard InChI is InChI=1S/C20H24F2N10O9P2S/c21-8-6(1-38-42(35)36)40-19(32-5-28-11-16(32)29-20(24)30-17(11)34)13(8)43(37,44)39-2-7-12(33)9(22)18(41-7)31-4-27-10-14(23)25-3-26-15(10)31/h3-9,12-13,18-19,33,42H,1-2H2,(H,35,36)(H,37,44)(H2,23,25,26)(H3,24,29,30,34)/t6-,7-,8-,9+,12-,13-,18-,19-,43?/m1/s1. The molecule has 2 aliphatic heterocycles. The van der Waals surface area contributed by atoms with E-state index >= 15 is 8.78 Å². The van der Waals surface area contributed by atoms with Crippen molar-refractivity contribution in [2.45, 2.75) is 48.8 Å². The fourth-order valence-corrected chi connectivity index (χ4v) is 7.86. The van der Waals surface area contributed by atoms with Gasteiger partial charge in [0, 0.05) is 0 Å². The van der Waals surface area contributed by atoms with Crippen LogP contribution in [0.1, 0.15) is 12.5 Å². The topological polar surface area (TPSA) is 274 Å². The van der Waals surface area contributed by atoms with Crippen molar-refractivity contribution in [1.29, 1.82) is 0 Å². The Morgan fingerprint density at radius 2 is 1.73 bits per heavy atom. The number of anilines is 2. The Morgan fingerprint density at radius 1 is 1.05 bits per heavy atom. The number of ether oxygens (including phenoxy) is 2. The van der Waals surface area contributed by atoms with Crippen molar-refractivity contribution in [2.75, 3.05) is 24.7 Å². The first-order chi connectivity index (χ1) is 20.9. The van der Waals surface area contributed by atoms with E-state index in [0.717, 1.165) is 17.2 Å². The molecule has 44 heavy (non-hydrogen) atoms. The van der Waals surface area contributed by atoms with E-state index in [-0.39, 0.29) is 34.1 Å². The first-order valence-electron chi connectivity index (χ1n) is 12.6. The van der Waals surface area contributed by atoms with Crippen molar-refractivity contribution in [2.24, 2.45) is 0 Å². The molecule has 238 valence electrons. The number of imidazole rings is 2. The van der Waals surface area contributed by atoms with Gasteiger partial charge >= 0.3 is 8.25 Å². The molecule has 0 aromatic carbocycles. The normalized spacial score (nSPS) is 31.1. The maximum absolute atomic E-state index is 15.9. The quantitative estimate of drug-likeness (QED) is 0.116. The number of hydrogen-bond donors (Lipinski definition) is 6. The smallest absolute Gasteiger partial charge is 0.316 e. The third-order valence-corrected chi connectivity index (χ3v) is 10.4. The van der Waals surface area contributed by atoms with Crippen LogP contribution in [0, 0.1) is 0 Å². The number of aliphatic hydroxyl groups is 1. The zero-order valence-corrected chi connectivity index (χ0v) is 24.7. The number of nitrogens with two attached hydrogens (primary N) is 2. The van der Waals surface area contributed by atoms with E-state index in [9.17, 15) is 19.4 Å². The number of hydrogen-bond acceptors (Lipinski definition) is 15. The second kappa shape index (κ2) is 11.7. The molecule has 10 atom stereocenters. The number of nitrogen functional groups attached to an aromatic ring is 2. The van der Waals surface area contributed by atoms with Crippen LogP contribution < -0.4 is 17.0 Å². The predicted octanol–water partition coefficient (Wildman–Crippen LogP) is -0.959. The molecule has 8 N–H and O–H groups in total. The highest BCUT2D eigenvalue weighted by atomic mass is 32.5. The summed E-state index contributed by atoms with van der Waals surface area (Å²) >= 11 is 5.34. The van der Waals surface area contributed by atoms with Gasteiger partial charge in [-0.2, -0.15) is 4.98 Å². The van der Waals surface area contributed by atoms with Crippen molar-refractivity contribution in [3.05, 3.63) is 29.3 Å². The van der Waals surface area contributed by atoms with Gasteiger partial charge in [0.15, 0.2) is 47.7 Å². The summed E-state index contributed by atoms with van der Waals surface area (Å²) in [5.41, 5.74) is 9.02. The van der Waals surface area contributed by atoms with Gasteiger partial charge < -0.3 is 44.9 Å². The molecule has 0 aliphatic carbocycles. The van der Waals surface area contributed by atoms with E-state index in [0.29, 0.717) is 0 Å². The predicted molar refractivity (Wildman–Crippen MR) is 149 cm³/mol. The van der Waals surface area contributed by atoms with Crippen molar-refractivity contribution in [1.82, 2.24) is 39.0 Å². The summed E-state index contributed by atoms with van der Waals surface area (Å²) < 4.78 is 66.2. The van der Waals surface area contributed by atoms with Crippen molar-refractivity contribution in [3.63, 3.8) is 0 Å². The highest BCUT2D eigenvalue weighted by Gasteiger charge is 2.55. The van der Waals surface area contributed by atoms with Crippen LogP contribution in [0.4, 0.5) is 20.5 Å². The van der Waals surface area contributed by atoms with Crippen LogP contribution in [0.2, 0.25) is 0 Å². The van der Waals surface area contributed by atoms with Crippen LogP contribution in [0.15, 0.2) is 23.8 Å². The van der Waals surface area contributed by atoms with Crippen LogP contribution in [0.5, 0.6) is 0 Å². The summed E-state index contributed by atoms with van der Waals surface area (Å²) in [5, 5.41) is 10.6. The molecule has 6 rings (SSSR count). The van der Waals surface area contributed by atoms with E-state index in [1.54, 1.807) is 0 Å². The van der Waals surface area contributed by atoms with E-state index in [2.05, 4.69) is 34.4 Å². The monoisotopic (exact) mass is 680 g/mol. The molecule has 2 saturated heterocycles. The number of rotatable bonds is 9. The molecule has 2 unspecified atom stereocenters. The first kappa shape index (κ1) is 31.0. The maximum atomic E-state index is 15.9. The summed E-state index contributed by atoms with van der Waals surface area (Å²) in [5.74, 6) is -0.252. The van der Waals surface area contributed by atoms with E-state index in [1.165, 1.54) is 10.9 Å². The van der Waals surface area contributed by atoms with Gasteiger partial charge in [0.25, 0.3) is 5.56 Å². The molecule has 0 radical (unpaired) electrons. The number of aliphatic hydroxyl groups excluding tert-OH is 1. The number of aromatic nitrogens is 8. The summed E-state index contributed by atoms with van der Waals surface area (Å²) in [7, 11) is -3.49. The van der Waals surface area contributed by atoms with E-state index < -0.39 is 82.3 Å². The zero-order chi connectivity index (χ0) is 31.5.